The van der Waals surface area contributed by atoms with E-state index in [1.165, 1.54) is 7.11 Å². The van der Waals surface area contributed by atoms with Crippen LogP contribution in [-0.2, 0) is 20.6 Å². The van der Waals surface area contributed by atoms with E-state index >= 15 is 0 Å². The number of carbonyl (C=O) groups is 1. The molecule has 0 atom stereocenters. The maximum atomic E-state index is 13.2. The molecule has 0 radical (unpaired) electrons. The lowest BCUT2D eigenvalue weighted by molar-refractivity contribution is 0.0455. The average molecular weight is 402 g/mol. The zero-order valence-corrected chi connectivity index (χ0v) is 17.8. The summed E-state index contributed by atoms with van der Waals surface area (Å²) in [6.07, 6.45) is 0.530. The summed E-state index contributed by atoms with van der Waals surface area (Å²) in [4.78, 5) is 13.2. The molecule has 0 aliphatic carbocycles. The average Bonchev–Trinajstić information content (AvgIpc) is 2.74. The Morgan fingerprint density at radius 1 is 0.897 bits per heavy atom. The van der Waals surface area contributed by atoms with Gasteiger partial charge in [-0.2, -0.15) is 0 Å². The number of methoxy groups -OCH3 is 3. The first kappa shape index (κ1) is 22.9. The highest BCUT2D eigenvalue weighted by molar-refractivity contribution is 6.03. The Labute approximate surface area is 172 Å². The van der Waals surface area contributed by atoms with Crippen LogP contribution in [0.1, 0.15) is 29.8 Å². The van der Waals surface area contributed by atoms with Gasteiger partial charge in [0.25, 0.3) is 0 Å². The van der Waals surface area contributed by atoms with Crippen LogP contribution in [0.25, 0.3) is 11.1 Å². The summed E-state index contributed by atoms with van der Waals surface area (Å²) in [5, 5.41) is 0. The van der Waals surface area contributed by atoms with Crippen LogP contribution in [0.15, 0.2) is 36.4 Å². The second kappa shape index (κ2) is 11.6. The van der Waals surface area contributed by atoms with Crippen LogP contribution in [0.5, 0.6) is 11.5 Å². The summed E-state index contributed by atoms with van der Waals surface area (Å²) in [6.45, 7) is 4.30. The molecule has 2 aromatic carbocycles. The van der Waals surface area contributed by atoms with Crippen molar-refractivity contribution in [3.05, 3.63) is 47.5 Å². The highest BCUT2D eigenvalue weighted by Crippen LogP contribution is 2.42. The van der Waals surface area contributed by atoms with E-state index in [1.807, 2.05) is 44.2 Å². The number of benzene rings is 2. The van der Waals surface area contributed by atoms with Crippen LogP contribution in [0.4, 0.5) is 0 Å². The first-order valence-electron chi connectivity index (χ1n) is 9.57. The quantitative estimate of drug-likeness (QED) is 0.389. The van der Waals surface area contributed by atoms with Gasteiger partial charge in [-0.1, -0.05) is 44.2 Å². The summed E-state index contributed by atoms with van der Waals surface area (Å²) in [6, 6.07) is 11.6. The van der Waals surface area contributed by atoms with Crippen LogP contribution < -0.4 is 9.47 Å². The van der Waals surface area contributed by atoms with E-state index in [4.69, 9.17) is 23.7 Å². The van der Waals surface area contributed by atoms with Crippen LogP contribution in [0, 0.1) is 5.92 Å². The van der Waals surface area contributed by atoms with Gasteiger partial charge in [0, 0.05) is 38.9 Å². The number of hydrogen-bond donors (Lipinski definition) is 0. The fraction of sp³-hybridized carbons (Fsp3) is 0.435. The van der Waals surface area contributed by atoms with E-state index in [-0.39, 0.29) is 25.3 Å². The third kappa shape index (κ3) is 5.79. The molecule has 0 unspecified atom stereocenters. The van der Waals surface area contributed by atoms with Crippen LogP contribution in [0.3, 0.4) is 0 Å². The molecule has 0 bridgehead atoms. The monoisotopic (exact) mass is 402 g/mol. The van der Waals surface area contributed by atoms with E-state index in [0.29, 0.717) is 30.1 Å². The van der Waals surface area contributed by atoms with Crippen molar-refractivity contribution in [1.82, 2.24) is 0 Å². The summed E-state index contributed by atoms with van der Waals surface area (Å²) >= 11 is 0. The Hall–Kier alpha value is -2.41. The molecule has 2 aromatic rings. The lowest BCUT2D eigenvalue weighted by atomic mass is 9.87. The van der Waals surface area contributed by atoms with Gasteiger partial charge in [-0.05, 0) is 17.5 Å². The van der Waals surface area contributed by atoms with Crippen molar-refractivity contribution in [2.24, 2.45) is 5.92 Å². The molecule has 0 N–H and O–H groups in total. The third-order valence-corrected chi connectivity index (χ3v) is 4.41. The number of hydrogen-bond acceptors (Lipinski definition) is 6. The zero-order valence-electron chi connectivity index (χ0n) is 17.8. The Kier molecular flexibility index (Phi) is 9.12. The summed E-state index contributed by atoms with van der Waals surface area (Å²) in [7, 11) is 4.74. The smallest absolute Gasteiger partial charge is 0.188 e. The Morgan fingerprint density at radius 2 is 1.52 bits per heavy atom. The van der Waals surface area contributed by atoms with Crippen molar-refractivity contribution in [3.8, 4) is 22.6 Å². The molecule has 0 saturated carbocycles. The van der Waals surface area contributed by atoms with Gasteiger partial charge < -0.3 is 23.7 Å². The minimum Gasteiger partial charge on any atom is -0.467 e. The second-order valence-corrected chi connectivity index (χ2v) is 6.83. The van der Waals surface area contributed by atoms with Crippen molar-refractivity contribution in [3.63, 3.8) is 0 Å². The summed E-state index contributed by atoms with van der Waals surface area (Å²) in [5.74, 6) is 0.811. The van der Waals surface area contributed by atoms with Crippen LogP contribution in [0.2, 0.25) is 0 Å². The normalized spacial score (nSPS) is 11.0. The molecule has 0 fully saturated rings. The van der Waals surface area contributed by atoms with Gasteiger partial charge in [-0.3, -0.25) is 4.79 Å². The maximum Gasteiger partial charge on any atom is 0.188 e. The molecular weight excluding hydrogens is 372 g/mol. The topological polar surface area (TPSA) is 63.2 Å². The van der Waals surface area contributed by atoms with E-state index in [9.17, 15) is 4.79 Å². The molecule has 2 rings (SSSR count). The SMILES string of the molecule is COCCc1c(C(=O)C(C)C)c(OCOC)cc(OCOC)c1-c1ccccc1. The molecule has 0 aliphatic rings. The van der Waals surface area contributed by atoms with Gasteiger partial charge in [0.1, 0.15) is 11.5 Å². The molecule has 29 heavy (non-hydrogen) atoms. The predicted octanol–water partition coefficient (Wildman–Crippen LogP) is 4.35. The highest BCUT2D eigenvalue weighted by atomic mass is 16.7. The maximum absolute atomic E-state index is 13.2. The molecule has 0 saturated heterocycles. The standard InChI is InChI=1S/C23H30O6/c1-16(2)23(24)22-18(11-12-25-3)21(17-9-7-6-8-10-17)19(28-14-26-4)13-20(22)29-15-27-5/h6-10,13,16H,11-12,14-15H2,1-5H3. The van der Waals surface area contributed by atoms with Crippen LogP contribution >= 0.6 is 0 Å². The number of carbonyl (C=O) groups excluding carboxylic acids is 1. The molecule has 0 aromatic heterocycles. The fourth-order valence-corrected chi connectivity index (χ4v) is 3.09. The third-order valence-electron chi connectivity index (χ3n) is 4.41. The first-order chi connectivity index (χ1) is 14.0. The largest absolute Gasteiger partial charge is 0.467 e. The zero-order chi connectivity index (χ0) is 21.2. The van der Waals surface area contributed by atoms with Gasteiger partial charge >= 0.3 is 0 Å². The number of rotatable bonds is 12. The van der Waals surface area contributed by atoms with Gasteiger partial charge in [0.2, 0.25) is 0 Å². The number of ketones is 1. The lowest BCUT2D eigenvalue weighted by Crippen LogP contribution is -2.17. The van der Waals surface area contributed by atoms with Gasteiger partial charge in [0.15, 0.2) is 19.4 Å². The van der Waals surface area contributed by atoms with Gasteiger partial charge in [0.05, 0.1) is 12.2 Å². The van der Waals surface area contributed by atoms with Crippen molar-refractivity contribution in [1.29, 1.82) is 0 Å². The molecule has 0 spiro atoms. The molecule has 0 heterocycles. The fourth-order valence-electron chi connectivity index (χ4n) is 3.09. The van der Waals surface area contributed by atoms with Crippen molar-refractivity contribution in [2.45, 2.75) is 20.3 Å². The number of ether oxygens (including phenoxy) is 5. The molecular formula is C23H30O6. The van der Waals surface area contributed by atoms with E-state index in [0.717, 1.165) is 16.7 Å². The molecule has 158 valence electrons. The van der Waals surface area contributed by atoms with Gasteiger partial charge in [-0.25, -0.2) is 0 Å². The Balaban J connectivity index is 2.81. The van der Waals surface area contributed by atoms with E-state index in [2.05, 4.69) is 0 Å². The molecule has 6 heteroatoms. The lowest BCUT2D eigenvalue weighted by Gasteiger charge is -2.23. The highest BCUT2D eigenvalue weighted by Gasteiger charge is 2.27. The van der Waals surface area contributed by atoms with E-state index < -0.39 is 0 Å². The minimum absolute atomic E-state index is 0.00215. The second-order valence-electron chi connectivity index (χ2n) is 6.83. The Morgan fingerprint density at radius 3 is 2.07 bits per heavy atom. The van der Waals surface area contributed by atoms with Gasteiger partial charge in [-0.15, -0.1) is 0 Å². The predicted molar refractivity (Wildman–Crippen MR) is 112 cm³/mol. The minimum atomic E-state index is -0.199. The van der Waals surface area contributed by atoms with E-state index in [1.54, 1.807) is 20.3 Å². The van der Waals surface area contributed by atoms with Crippen molar-refractivity contribution < 1.29 is 28.5 Å². The van der Waals surface area contributed by atoms with Crippen LogP contribution in [-0.4, -0.2) is 47.3 Å². The number of Topliss-reactive ketones (excluding diaryl/α,β-unsaturated/α-hetero) is 1. The molecule has 0 amide bonds. The molecule has 0 aliphatic heterocycles. The Bertz CT molecular complexity index is 786. The van der Waals surface area contributed by atoms with Crippen molar-refractivity contribution in [2.75, 3.05) is 41.5 Å². The van der Waals surface area contributed by atoms with Crippen molar-refractivity contribution >= 4 is 5.78 Å². The first-order valence-corrected chi connectivity index (χ1v) is 9.57. The molecule has 6 nitrogen and oxygen atoms in total. The summed E-state index contributed by atoms with van der Waals surface area (Å²) < 4.78 is 27.2. The summed E-state index contributed by atoms with van der Waals surface area (Å²) in [5.41, 5.74) is 3.16.